The van der Waals surface area contributed by atoms with Crippen LogP contribution < -0.4 is 31.9 Å². The van der Waals surface area contributed by atoms with Gasteiger partial charge in [-0.2, -0.15) is 0 Å². The van der Waals surface area contributed by atoms with Crippen LogP contribution in [0, 0.1) is 0 Å². The molecular weight excluding hydrogens is 598 g/mol. The molecule has 0 saturated carbocycles. The summed E-state index contributed by atoms with van der Waals surface area (Å²) in [5, 5.41) is 24.1. The van der Waals surface area contributed by atoms with E-state index < -0.39 is 11.9 Å². The number of carbonyl (C=O) groups excluding carboxylic acids is 4. The van der Waals surface area contributed by atoms with E-state index in [2.05, 4.69) is 26.3 Å². The molecule has 0 bridgehead atoms. The monoisotopic (exact) mass is 633 g/mol. The van der Waals surface area contributed by atoms with Gasteiger partial charge < -0.3 is 42.0 Å². The molecule has 240 valence electrons. The highest BCUT2D eigenvalue weighted by Gasteiger charge is 2.29. The molecule has 1 aliphatic heterocycles. The topological polar surface area (TPSA) is 182 Å². The van der Waals surface area contributed by atoms with E-state index in [0.29, 0.717) is 54.4 Å². The molecule has 1 aliphatic rings. The van der Waals surface area contributed by atoms with Crippen molar-refractivity contribution in [3.63, 3.8) is 0 Å². The minimum atomic E-state index is -0.475. The zero-order valence-corrected chi connectivity index (χ0v) is 25.7. The number of amides is 4. The number of anilines is 3. The number of nitrogens with one attached hydrogen (secondary N) is 5. The second-order valence-electron chi connectivity index (χ2n) is 11.4. The predicted octanol–water partition coefficient (Wildman–Crippen LogP) is 3.47. The van der Waals surface area contributed by atoms with Crippen molar-refractivity contribution in [1.29, 1.82) is 0 Å². The van der Waals surface area contributed by atoms with Crippen LogP contribution in [0.15, 0.2) is 78.9 Å². The number of hydrogen-bond acceptors (Lipinski definition) is 7. The summed E-state index contributed by atoms with van der Waals surface area (Å²) in [6.07, 6.45) is 0.692. The highest BCUT2D eigenvalue weighted by Crippen LogP contribution is 2.40. The molecule has 0 spiro atoms. The Morgan fingerprint density at radius 2 is 1.68 bits per heavy atom. The maximum atomic E-state index is 13.6. The number of phenolic OH excluding ortho intramolecular Hbond substituents is 1. The van der Waals surface area contributed by atoms with E-state index in [1.807, 2.05) is 24.3 Å². The van der Waals surface area contributed by atoms with Crippen LogP contribution in [0.1, 0.15) is 33.3 Å². The van der Waals surface area contributed by atoms with Crippen LogP contribution in [-0.2, 0) is 16.0 Å². The van der Waals surface area contributed by atoms with Crippen molar-refractivity contribution in [2.45, 2.75) is 19.4 Å². The molecule has 12 nitrogen and oxygen atoms in total. The number of aromatic nitrogens is 1. The maximum Gasteiger partial charge on any atom is 0.274 e. The third-order valence-electron chi connectivity index (χ3n) is 8.18. The van der Waals surface area contributed by atoms with Crippen LogP contribution in [-0.4, -0.2) is 65.9 Å². The van der Waals surface area contributed by atoms with E-state index in [1.165, 1.54) is 0 Å². The van der Waals surface area contributed by atoms with Gasteiger partial charge in [-0.05, 0) is 72.8 Å². The van der Waals surface area contributed by atoms with Gasteiger partial charge in [0.15, 0.2) is 0 Å². The molecule has 1 atom stereocenters. The van der Waals surface area contributed by atoms with Crippen molar-refractivity contribution >= 4 is 62.4 Å². The van der Waals surface area contributed by atoms with Crippen LogP contribution in [0.2, 0.25) is 0 Å². The molecular formula is C35H35N7O5. The van der Waals surface area contributed by atoms with Gasteiger partial charge in [-0.1, -0.05) is 24.3 Å². The number of hydrogen-bond donors (Lipinski definition) is 7. The van der Waals surface area contributed by atoms with Crippen molar-refractivity contribution in [3.05, 3.63) is 95.7 Å². The fourth-order valence-electron chi connectivity index (χ4n) is 5.76. The number of nitrogens with two attached hydrogens (primary N) is 1. The number of nitrogens with zero attached hydrogens (tertiary/aromatic N) is 1. The third kappa shape index (κ3) is 6.64. The number of carbonyl (C=O) groups is 4. The van der Waals surface area contributed by atoms with Crippen molar-refractivity contribution in [1.82, 2.24) is 15.6 Å². The molecule has 12 heteroatoms. The van der Waals surface area contributed by atoms with E-state index in [1.54, 1.807) is 66.4 Å². The first-order valence-electron chi connectivity index (χ1n) is 15.3. The van der Waals surface area contributed by atoms with Crippen molar-refractivity contribution in [2.75, 3.05) is 41.7 Å². The largest absolute Gasteiger partial charge is 0.507 e. The van der Waals surface area contributed by atoms with Gasteiger partial charge in [0.1, 0.15) is 11.4 Å². The van der Waals surface area contributed by atoms with E-state index in [9.17, 15) is 24.3 Å². The average molecular weight is 634 g/mol. The van der Waals surface area contributed by atoms with Gasteiger partial charge >= 0.3 is 0 Å². The lowest BCUT2D eigenvalue weighted by molar-refractivity contribution is -0.125. The van der Waals surface area contributed by atoms with Crippen molar-refractivity contribution in [3.8, 4) is 5.75 Å². The standard InChI is InChI=1S/C35H35N7O5/c1-20(37-14-13-36)33(45)38-19-32(44)39-23-8-6-21(7-9-23)34(46)40-24-10-11-28-22(16-24)17-29(41-28)35(47)42-15-12-26-25-4-2-3-5-27(25)31(43)18-30(26)42/h2-11,16-18,20,37,41,43H,12-15,19,36H2,1H3,(H,38,45)(H,39,44)(H,40,46)/t20-/m0/s1. The smallest absolute Gasteiger partial charge is 0.274 e. The highest BCUT2D eigenvalue weighted by atomic mass is 16.3. The lowest BCUT2D eigenvalue weighted by Crippen LogP contribution is -2.45. The molecule has 47 heavy (non-hydrogen) atoms. The molecule has 5 aromatic rings. The fraction of sp³-hybridized carbons (Fsp3) is 0.200. The van der Waals surface area contributed by atoms with E-state index in [4.69, 9.17) is 5.73 Å². The molecule has 0 saturated heterocycles. The molecule has 8 N–H and O–H groups in total. The Morgan fingerprint density at radius 1 is 0.936 bits per heavy atom. The highest BCUT2D eigenvalue weighted by molar-refractivity contribution is 6.11. The molecule has 1 aromatic heterocycles. The van der Waals surface area contributed by atoms with Crippen LogP contribution in [0.3, 0.4) is 0 Å². The Hall–Kier alpha value is -5.72. The quantitative estimate of drug-likeness (QED) is 0.123. The summed E-state index contributed by atoms with van der Waals surface area (Å²) in [6, 6.07) is 22.3. The summed E-state index contributed by atoms with van der Waals surface area (Å²) >= 11 is 0. The number of benzene rings is 4. The van der Waals surface area contributed by atoms with Gasteiger partial charge in [-0.15, -0.1) is 0 Å². The Labute approximate surface area is 270 Å². The lowest BCUT2D eigenvalue weighted by atomic mass is 10.0. The number of aromatic amines is 1. The molecule has 4 aromatic carbocycles. The summed E-state index contributed by atoms with van der Waals surface area (Å²) < 4.78 is 0. The molecule has 6 rings (SSSR count). The number of fused-ring (bicyclic) bond motifs is 4. The molecule has 4 amide bonds. The first kappa shape index (κ1) is 31.3. The number of aromatic hydroxyl groups is 1. The van der Waals surface area contributed by atoms with Crippen LogP contribution in [0.5, 0.6) is 5.75 Å². The summed E-state index contributed by atoms with van der Waals surface area (Å²) in [5.74, 6) is -1.13. The molecule has 0 unspecified atom stereocenters. The second kappa shape index (κ2) is 13.3. The maximum absolute atomic E-state index is 13.6. The van der Waals surface area contributed by atoms with Gasteiger partial charge in [0, 0.05) is 58.9 Å². The second-order valence-corrected chi connectivity index (χ2v) is 11.4. The summed E-state index contributed by atoms with van der Waals surface area (Å²) in [4.78, 5) is 55.8. The zero-order chi connectivity index (χ0) is 33.1. The Morgan fingerprint density at radius 3 is 2.45 bits per heavy atom. The predicted molar refractivity (Wildman–Crippen MR) is 182 cm³/mol. The van der Waals surface area contributed by atoms with Gasteiger partial charge in [-0.25, -0.2) is 0 Å². The first-order chi connectivity index (χ1) is 22.7. The molecule has 0 radical (unpaired) electrons. The van der Waals surface area contributed by atoms with E-state index in [0.717, 1.165) is 27.2 Å². The number of rotatable bonds is 10. The lowest BCUT2D eigenvalue weighted by Gasteiger charge is -2.17. The average Bonchev–Trinajstić information content (AvgIpc) is 3.70. The third-order valence-corrected chi connectivity index (χ3v) is 8.18. The SMILES string of the molecule is C[C@H](NCCN)C(=O)NCC(=O)Nc1ccc(C(=O)Nc2ccc3[nH]c(C(=O)N4CCc5c4cc(O)c4ccccc54)cc3c2)cc1. The summed E-state index contributed by atoms with van der Waals surface area (Å²) in [5.41, 5.74) is 9.71. The van der Waals surface area contributed by atoms with Crippen LogP contribution in [0.25, 0.3) is 21.7 Å². The minimum Gasteiger partial charge on any atom is -0.507 e. The van der Waals surface area contributed by atoms with E-state index in [-0.39, 0.29) is 30.0 Å². The van der Waals surface area contributed by atoms with Gasteiger partial charge in [0.2, 0.25) is 11.8 Å². The van der Waals surface area contributed by atoms with Gasteiger partial charge in [0.05, 0.1) is 18.3 Å². The van der Waals surface area contributed by atoms with Gasteiger partial charge in [0.25, 0.3) is 11.8 Å². The Balaban J connectivity index is 1.07. The minimum absolute atomic E-state index is 0.137. The molecule has 0 aliphatic carbocycles. The number of H-pyrrole nitrogens is 1. The van der Waals surface area contributed by atoms with Crippen LogP contribution in [0.4, 0.5) is 17.1 Å². The normalized spacial score (nSPS) is 12.9. The molecule has 2 heterocycles. The first-order valence-corrected chi connectivity index (χ1v) is 15.3. The van der Waals surface area contributed by atoms with Crippen LogP contribution >= 0.6 is 0 Å². The molecule has 0 fully saturated rings. The zero-order valence-electron chi connectivity index (χ0n) is 25.7. The number of phenols is 1. The van der Waals surface area contributed by atoms with E-state index >= 15 is 0 Å². The van der Waals surface area contributed by atoms with Crippen molar-refractivity contribution in [2.24, 2.45) is 5.73 Å². The summed E-state index contributed by atoms with van der Waals surface area (Å²) in [7, 11) is 0. The van der Waals surface area contributed by atoms with Gasteiger partial charge in [-0.3, -0.25) is 19.2 Å². The summed E-state index contributed by atoms with van der Waals surface area (Å²) in [6.45, 7) is 2.88. The van der Waals surface area contributed by atoms with Crippen molar-refractivity contribution < 1.29 is 24.3 Å². The Kier molecular flexibility index (Phi) is 8.87. The Bertz CT molecular complexity index is 2000. The fourth-order valence-corrected chi connectivity index (χ4v) is 5.76.